The number of hydrogen-bond donors (Lipinski definition) is 1. The van der Waals surface area contributed by atoms with Crippen molar-refractivity contribution in [2.24, 2.45) is 0 Å². The molecule has 1 unspecified atom stereocenters. The van der Waals surface area contributed by atoms with Crippen LogP contribution >= 0.6 is 0 Å². The number of carbonyl (C=O) groups excluding carboxylic acids is 1. The third kappa shape index (κ3) is 6.93. The molecule has 1 saturated carbocycles. The smallest absolute Gasteiger partial charge is 0.325 e. The summed E-state index contributed by atoms with van der Waals surface area (Å²) in [6, 6.07) is 0.0839. The molecule has 0 heterocycles. The summed E-state index contributed by atoms with van der Waals surface area (Å²) < 4.78 is 15.7. The lowest BCUT2D eigenvalue weighted by molar-refractivity contribution is -0.145. The Kier molecular flexibility index (Phi) is 6.05. The summed E-state index contributed by atoms with van der Waals surface area (Å²) in [4.78, 5) is 11.5. The first kappa shape index (κ1) is 15.4. The van der Waals surface area contributed by atoms with E-state index in [-0.39, 0.29) is 17.6 Å². The highest BCUT2D eigenvalue weighted by Crippen LogP contribution is 2.19. The van der Waals surface area contributed by atoms with Gasteiger partial charge in [-0.05, 0) is 33.6 Å². The van der Waals surface area contributed by atoms with Crippen molar-refractivity contribution in [2.45, 2.75) is 51.3 Å². The molecule has 1 atom stereocenters. The van der Waals surface area contributed by atoms with Crippen LogP contribution in [0.1, 0.15) is 33.6 Å². The van der Waals surface area contributed by atoms with Gasteiger partial charge in [0.05, 0.1) is 32.5 Å². The minimum atomic E-state index is -0.364. The van der Waals surface area contributed by atoms with Crippen LogP contribution < -0.4 is 5.32 Å². The van der Waals surface area contributed by atoms with Gasteiger partial charge >= 0.3 is 5.97 Å². The van der Waals surface area contributed by atoms with Crippen LogP contribution in [-0.2, 0) is 19.0 Å². The highest BCUT2D eigenvalue weighted by Gasteiger charge is 2.29. The van der Waals surface area contributed by atoms with Gasteiger partial charge in [0.1, 0.15) is 6.04 Å². The van der Waals surface area contributed by atoms with Gasteiger partial charge in [0.15, 0.2) is 0 Å². The molecule has 106 valence electrons. The quantitative estimate of drug-likeness (QED) is 0.523. The molecule has 0 radical (unpaired) electrons. The molecule has 0 saturated heterocycles. The Hall–Kier alpha value is -0.650. The van der Waals surface area contributed by atoms with Crippen molar-refractivity contribution in [1.82, 2.24) is 5.32 Å². The molecule has 0 aromatic rings. The summed E-state index contributed by atoms with van der Waals surface area (Å²) in [7, 11) is 1.40. The first-order valence-corrected chi connectivity index (χ1v) is 6.48. The summed E-state index contributed by atoms with van der Waals surface area (Å²) >= 11 is 0. The summed E-state index contributed by atoms with van der Waals surface area (Å²) in [5, 5.41) is 3.21. The topological polar surface area (TPSA) is 56.8 Å². The van der Waals surface area contributed by atoms with Gasteiger partial charge in [-0.3, -0.25) is 10.1 Å². The number of nitrogens with one attached hydrogen (secondary N) is 1. The Morgan fingerprint density at radius 2 is 2.00 bits per heavy atom. The van der Waals surface area contributed by atoms with Crippen molar-refractivity contribution in [3.8, 4) is 0 Å². The third-order valence-corrected chi connectivity index (χ3v) is 2.55. The molecule has 1 N–H and O–H groups in total. The second-order valence-electron chi connectivity index (χ2n) is 5.55. The molecule has 0 aromatic heterocycles. The van der Waals surface area contributed by atoms with Gasteiger partial charge in [-0.1, -0.05) is 0 Å². The molecule has 0 aliphatic heterocycles. The van der Waals surface area contributed by atoms with Crippen LogP contribution in [0.15, 0.2) is 0 Å². The molecule has 18 heavy (non-hydrogen) atoms. The van der Waals surface area contributed by atoms with Crippen LogP contribution in [0.2, 0.25) is 0 Å². The Labute approximate surface area is 109 Å². The minimum Gasteiger partial charge on any atom is -0.468 e. The van der Waals surface area contributed by atoms with Crippen molar-refractivity contribution in [2.75, 3.05) is 26.9 Å². The number of hydrogen-bond acceptors (Lipinski definition) is 5. The van der Waals surface area contributed by atoms with E-state index in [1.54, 1.807) is 0 Å². The molecule has 1 fully saturated rings. The van der Waals surface area contributed by atoms with Gasteiger partial charge in [0.2, 0.25) is 0 Å². The SMILES string of the molecule is COC(=O)C(COCCOC(C)(C)C)NC1CC1. The van der Waals surface area contributed by atoms with Gasteiger partial charge in [0.25, 0.3) is 0 Å². The van der Waals surface area contributed by atoms with Crippen molar-refractivity contribution >= 4 is 5.97 Å². The van der Waals surface area contributed by atoms with Crippen LogP contribution in [-0.4, -0.2) is 50.6 Å². The van der Waals surface area contributed by atoms with Crippen molar-refractivity contribution < 1.29 is 19.0 Å². The molecular weight excluding hydrogens is 234 g/mol. The maximum Gasteiger partial charge on any atom is 0.325 e. The summed E-state index contributed by atoms with van der Waals surface area (Å²) in [5.41, 5.74) is -0.155. The molecule has 1 rings (SSSR count). The van der Waals surface area contributed by atoms with E-state index in [0.29, 0.717) is 25.9 Å². The molecule has 0 bridgehead atoms. The Bertz CT molecular complexity index is 258. The fourth-order valence-electron chi connectivity index (χ4n) is 1.47. The van der Waals surface area contributed by atoms with Crippen LogP contribution in [0.25, 0.3) is 0 Å². The maximum atomic E-state index is 11.5. The predicted molar refractivity (Wildman–Crippen MR) is 68.5 cm³/mol. The van der Waals surface area contributed by atoms with Gasteiger partial charge < -0.3 is 14.2 Å². The lowest BCUT2D eigenvalue weighted by Crippen LogP contribution is -2.42. The molecule has 0 amide bonds. The maximum absolute atomic E-state index is 11.5. The van der Waals surface area contributed by atoms with E-state index < -0.39 is 0 Å². The minimum absolute atomic E-state index is 0.155. The van der Waals surface area contributed by atoms with E-state index in [0.717, 1.165) is 12.8 Å². The molecule has 1 aliphatic carbocycles. The van der Waals surface area contributed by atoms with E-state index in [9.17, 15) is 4.79 Å². The monoisotopic (exact) mass is 259 g/mol. The van der Waals surface area contributed by atoms with Gasteiger partial charge in [-0.25, -0.2) is 0 Å². The largest absolute Gasteiger partial charge is 0.468 e. The molecule has 5 nitrogen and oxygen atoms in total. The fourth-order valence-corrected chi connectivity index (χ4v) is 1.47. The predicted octanol–water partition coefficient (Wildman–Crippen LogP) is 1.11. The average molecular weight is 259 g/mol. The van der Waals surface area contributed by atoms with Crippen LogP contribution in [0, 0.1) is 0 Å². The lowest BCUT2D eigenvalue weighted by atomic mass is 10.2. The standard InChI is InChI=1S/C13H25NO4/c1-13(2,3)18-8-7-17-9-11(12(15)16-4)14-10-5-6-10/h10-11,14H,5-9H2,1-4H3. The highest BCUT2D eigenvalue weighted by molar-refractivity contribution is 5.75. The highest BCUT2D eigenvalue weighted by atomic mass is 16.5. The van der Waals surface area contributed by atoms with Gasteiger partial charge in [0, 0.05) is 6.04 Å². The van der Waals surface area contributed by atoms with Crippen molar-refractivity contribution in [1.29, 1.82) is 0 Å². The van der Waals surface area contributed by atoms with Gasteiger partial charge in [-0.15, -0.1) is 0 Å². The molecule has 0 aromatic carbocycles. The number of methoxy groups -OCH3 is 1. The summed E-state index contributed by atoms with van der Waals surface area (Å²) in [6.07, 6.45) is 2.25. The van der Waals surface area contributed by atoms with E-state index in [1.807, 2.05) is 20.8 Å². The molecule has 5 heteroatoms. The number of rotatable bonds is 8. The fraction of sp³-hybridized carbons (Fsp3) is 0.923. The zero-order chi connectivity index (χ0) is 13.6. The third-order valence-electron chi connectivity index (χ3n) is 2.55. The normalized spacial score (nSPS) is 17.6. The van der Waals surface area contributed by atoms with Gasteiger partial charge in [-0.2, -0.15) is 0 Å². The first-order valence-electron chi connectivity index (χ1n) is 6.48. The second-order valence-corrected chi connectivity index (χ2v) is 5.55. The summed E-state index contributed by atoms with van der Waals surface area (Å²) in [6.45, 7) is 7.34. The zero-order valence-corrected chi connectivity index (χ0v) is 11.8. The van der Waals surface area contributed by atoms with E-state index >= 15 is 0 Å². The Balaban J connectivity index is 2.14. The first-order chi connectivity index (χ1) is 8.42. The molecule has 1 aliphatic rings. The Morgan fingerprint density at radius 3 is 2.50 bits per heavy atom. The second kappa shape index (κ2) is 7.07. The Morgan fingerprint density at radius 1 is 1.33 bits per heavy atom. The van der Waals surface area contributed by atoms with Crippen molar-refractivity contribution in [3.05, 3.63) is 0 Å². The zero-order valence-electron chi connectivity index (χ0n) is 11.8. The van der Waals surface area contributed by atoms with Crippen LogP contribution in [0.4, 0.5) is 0 Å². The average Bonchev–Trinajstić information content (AvgIpc) is 3.08. The van der Waals surface area contributed by atoms with E-state index in [1.165, 1.54) is 7.11 Å². The summed E-state index contributed by atoms with van der Waals surface area (Å²) in [5.74, 6) is -0.265. The van der Waals surface area contributed by atoms with Crippen LogP contribution in [0.3, 0.4) is 0 Å². The number of carbonyl (C=O) groups is 1. The van der Waals surface area contributed by atoms with Crippen molar-refractivity contribution in [3.63, 3.8) is 0 Å². The van der Waals surface area contributed by atoms with Crippen LogP contribution in [0.5, 0.6) is 0 Å². The van der Waals surface area contributed by atoms with E-state index in [4.69, 9.17) is 14.2 Å². The molecular formula is C13H25NO4. The lowest BCUT2D eigenvalue weighted by Gasteiger charge is -2.20. The number of esters is 1. The molecule has 0 spiro atoms. The number of ether oxygens (including phenoxy) is 3. The van der Waals surface area contributed by atoms with E-state index in [2.05, 4.69) is 5.32 Å².